The summed E-state index contributed by atoms with van der Waals surface area (Å²) in [5.74, 6) is 1.80. The first-order chi connectivity index (χ1) is 12.0. The highest BCUT2D eigenvalue weighted by atomic mass is 35.5. The predicted molar refractivity (Wildman–Crippen MR) is 95.8 cm³/mol. The highest BCUT2D eigenvalue weighted by molar-refractivity contribution is 6.30. The standard InChI is InChI=1S/C19H17ClN2O3/c1-13-18(11-21-22(13)2)19(23)9-8-15-6-7-17(25-15)12-24-16-5-3-4-14(20)10-16/h3-11H,12H2,1-2H3/b9-8-. The average Bonchev–Trinajstić information content (AvgIpc) is 3.18. The summed E-state index contributed by atoms with van der Waals surface area (Å²) in [7, 11) is 1.80. The van der Waals surface area contributed by atoms with E-state index >= 15 is 0 Å². The maximum atomic E-state index is 12.2. The number of aryl methyl sites for hydroxylation is 1. The fourth-order valence-corrected chi connectivity index (χ4v) is 2.44. The van der Waals surface area contributed by atoms with Crippen molar-refractivity contribution in [3.05, 3.63) is 76.5 Å². The van der Waals surface area contributed by atoms with Gasteiger partial charge in [-0.3, -0.25) is 9.48 Å². The first kappa shape index (κ1) is 17.0. The lowest BCUT2D eigenvalue weighted by molar-refractivity contribution is 0.104. The number of halogens is 1. The average molecular weight is 357 g/mol. The molecular formula is C19H17ClN2O3. The molecule has 0 spiro atoms. The van der Waals surface area contributed by atoms with Gasteiger partial charge in [-0.25, -0.2) is 0 Å². The third kappa shape index (κ3) is 4.19. The fourth-order valence-electron chi connectivity index (χ4n) is 2.26. The molecule has 3 aromatic rings. The number of aromatic nitrogens is 2. The lowest BCUT2D eigenvalue weighted by Gasteiger charge is -2.03. The van der Waals surface area contributed by atoms with E-state index in [0.29, 0.717) is 27.9 Å². The Labute approximate surface area is 150 Å². The molecule has 0 saturated carbocycles. The molecular weight excluding hydrogens is 340 g/mol. The third-order valence-electron chi connectivity index (χ3n) is 3.76. The van der Waals surface area contributed by atoms with Crippen LogP contribution in [0.4, 0.5) is 0 Å². The molecule has 1 aromatic carbocycles. The first-order valence-electron chi connectivity index (χ1n) is 7.71. The number of benzene rings is 1. The zero-order valence-electron chi connectivity index (χ0n) is 13.9. The first-order valence-corrected chi connectivity index (χ1v) is 8.09. The molecule has 0 aliphatic carbocycles. The minimum atomic E-state index is -0.112. The number of carbonyl (C=O) groups excluding carboxylic acids is 1. The molecule has 0 aliphatic rings. The number of allylic oxidation sites excluding steroid dienone is 1. The molecule has 0 bridgehead atoms. The van der Waals surface area contributed by atoms with Crippen LogP contribution in [0.15, 0.2) is 53.1 Å². The van der Waals surface area contributed by atoms with Crippen molar-refractivity contribution in [3.8, 4) is 5.75 Å². The highest BCUT2D eigenvalue weighted by Crippen LogP contribution is 2.19. The van der Waals surface area contributed by atoms with Crippen LogP contribution in [-0.4, -0.2) is 15.6 Å². The number of furan rings is 1. The van der Waals surface area contributed by atoms with E-state index in [2.05, 4.69) is 5.10 Å². The van der Waals surface area contributed by atoms with Gasteiger partial charge in [-0.2, -0.15) is 5.10 Å². The summed E-state index contributed by atoms with van der Waals surface area (Å²) in [6.45, 7) is 2.14. The summed E-state index contributed by atoms with van der Waals surface area (Å²) in [5, 5.41) is 4.68. The van der Waals surface area contributed by atoms with E-state index in [1.165, 1.54) is 6.08 Å². The Hall–Kier alpha value is -2.79. The van der Waals surface area contributed by atoms with E-state index in [4.69, 9.17) is 20.8 Å². The van der Waals surface area contributed by atoms with Crippen molar-refractivity contribution in [1.82, 2.24) is 9.78 Å². The maximum Gasteiger partial charge on any atom is 0.189 e. The quantitative estimate of drug-likeness (QED) is 0.483. The van der Waals surface area contributed by atoms with Gasteiger partial charge in [0.05, 0.1) is 11.8 Å². The molecule has 3 rings (SSSR count). The molecule has 0 atom stereocenters. The molecule has 2 aromatic heterocycles. The second kappa shape index (κ2) is 7.40. The van der Waals surface area contributed by atoms with Crippen LogP contribution < -0.4 is 4.74 Å². The molecule has 2 heterocycles. The van der Waals surface area contributed by atoms with E-state index < -0.39 is 0 Å². The van der Waals surface area contributed by atoms with Gasteiger partial charge in [0.15, 0.2) is 5.78 Å². The molecule has 0 amide bonds. The molecule has 5 nitrogen and oxygen atoms in total. The lowest BCUT2D eigenvalue weighted by atomic mass is 10.1. The lowest BCUT2D eigenvalue weighted by Crippen LogP contribution is -1.98. The summed E-state index contributed by atoms with van der Waals surface area (Å²) in [6.07, 6.45) is 4.68. The molecule has 128 valence electrons. The summed E-state index contributed by atoms with van der Waals surface area (Å²) in [4.78, 5) is 12.2. The van der Waals surface area contributed by atoms with Crippen molar-refractivity contribution in [1.29, 1.82) is 0 Å². The molecule has 0 N–H and O–H groups in total. The van der Waals surface area contributed by atoms with E-state index in [0.717, 1.165) is 5.69 Å². The van der Waals surface area contributed by atoms with Gasteiger partial charge in [-0.05, 0) is 49.4 Å². The summed E-state index contributed by atoms with van der Waals surface area (Å²) >= 11 is 5.91. The predicted octanol–water partition coefficient (Wildman–Crippen LogP) is 4.45. The van der Waals surface area contributed by atoms with Crippen LogP contribution in [0.25, 0.3) is 6.08 Å². The number of carbonyl (C=O) groups is 1. The Morgan fingerprint density at radius 1 is 1.36 bits per heavy atom. The third-order valence-corrected chi connectivity index (χ3v) is 3.99. The van der Waals surface area contributed by atoms with Crippen LogP contribution >= 0.6 is 11.6 Å². The second-order valence-electron chi connectivity index (χ2n) is 5.51. The maximum absolute atomic E-state index is 12.2. The summed E-state index contributed by atoms with van der Waals surface area (Å²) < 4.78 is 12.9. The van der Waals surface area contributed by atoms with Crippen LogP contribution in [0.5, 0.6) is 5.75 Å². The zero-order valence-corrected chi connectivity index (χ0v) is 14.7. The van der Waals surface area contributed by atoms with Crippen LogP contribution in [0.1, 0.15) is 27.6 Å². The number of hydrogen-bond donors (Lipinski definition) is 0. The van der Waals surface area contributed by atoms with Crippen molar-refractivity contribution >= 4 is 23.5 Å². The topological polar surface area (TPSA) is 57.3 Å². The molecule has 0 aliphatic heterocycles. The van der Waals surface area contributed by atoms with Crippen molar-refractivity contribution < 1.29 is 13.9 Å². The van der Waals surface area contributed by atoms with Crippen molar-refractivity contribution in [2.75, 3.05) is 0 Å². The number of rotatable bonds is 6. The van der Waals surface area contributed by atoms with Gasteiger partial charge in [-0.1, -0.05) is 17.7 Å². The van der Waals surface area contributed by atoms with Crippen molar-refractivity contribution in [3.63, 3.8) is 0 Å². The van der Waals surface area contributed by atoms with Gasteiger partial charge in [0.25, 0.3) is 0 Å². The van der Waals surface area contributed by atoms with Gasteiger partial charge in [0, 0.05) is 17.8 Å². The summed E-state index contributed by atoms with van der Waals surface area (Å²) in [6, 6.07) is 10.8. The van der Waals surface area contributed by atoms with Crippen molar-refractivity contribution in [2.45, 2.75) is 13.5 Å². The Balaban J connectivity index is 1.61. The number of nitrogens with zero attached hydrogens (tertiary/aromatic N) is 2. The molecule has 25 heavy (non-hydrogen) atoms. The molecule has 6 heteroatoms. The highest BCUT2D eigenvalue weighted by Gasteiger charge is 2.10. The van der Waals surface area contributed by atoms with E-state index in [9.17, 15) is 4.79 Å². The fraction of sp³-hybridized carbons (Fsp3) is 0.158. The SMILES string of the molecule is Cc1c(C(=O)/C=C\c2ccc(COc3cccc(Cl)c3)o2)cnn1C. The van der Waals surface area contributed by atoms with Gasteiger partial charge in [-0.15, -0.1) is 0 Å². The van der Waals surface area contributed by atoms with E-state index in [1.807, 2.05) is 25.1 Å². The number of ketones is 1. The second-order valence-corrected chi connectivity index (χ2v) is 5.95. The Kier molecular flexibility index (Phi) is 5.05. The van der Waals surface area contributed by atoms with Crippen LogP contribution in [0.2, 0.25) is 5.02 Å². The molecule has 0 radical (unpaired) electrons. The van der Waals surface area contributed by atoms with Gasteiger partial charge >= 0.3 is 0 Å². The molecule has 0 saturated heterocycles. The monoisotopic (exact) mass is 356 g/mol. The minimum absolute atomic E-state index is 0.112. The smallest absolute Gasteiger partial charge is 0.189 e. The van der Waals surface area contributed by atoms with Gasteiger partial charge in [0.1, 0.15) is 23.9 Å². The van der Waals surface area contributed by atoms with Crippen LogP contribution in [-0.2, 0) is 13.7 Å². The minimum Gasteiger partial charge on any atom is -0.486 e. The van der Waals surface area contributed by atoms with Gasteiger partial charge < -0.3 is 9.15 Å². The normalized spacial score (nSPS) is 11.2. The van der Waals surface area contributed by atoms with Crippen molar-refractivity contribution in [2.24, 2.45) is 7.05 Å². The zero-order chi connectivity index (χ0) is 17.8. The molecule has 0 unspecified atom stereocenters. The summed E-state index contributed by atoms with van der Waals surface area (Å²) in [5.41, 5.74) is 1.40. The Morgan fingerprint density at radius 2 is 2.20 bits per heavy atom. The number of hydrogen-bond acceptors (Lipinski definition) is 4. The Morgan fingerprint density at radius 3 is 2.92 bits per heavy atom. The molecule has 0 fully saturated rings. The van der Waals surface area contributed by atoms with Gasteiger partial charge in [0.2, 0.25) is 0 Å². The largest absolute Gasteiger partial charge is 0.486 e. The van der Waals surface area contributed by atoms with Crippen LogP contribution in [0, 0.1) is 6.92 Å². The van der Waals surface area contributed by atoms with E-state index in [-0.39, 0.29) is 12.4 Å². The van der Waals surface area contributed by atoms with Crippen LogP contribution in [0.3, 0.4) is 0 Å². The Bertz CT molecular complexity index is 924. The number of ether oxygens (including phenoxy) is 1. The van der Waals surface area contributed by atoms with E-state index in [1.54, 1.807) is 42.2 Å².